The molecule has 40 heavy (non-hydrogen) atoms. The topological polar surface area (TPSA) is 114 Å². The highest BCUT2D eigenvalue weighted by Crippen LogP contribution is 2.54. The van der Waals surface area contributed by atoms with Crippen LogP contribution in [0.3, 0.4) is 0 Å². The molecular weight excluding hydrogens is 553 g/mol. The third-order valence-electron chi connectivity index (χ3n) is 8.14. The number of carboxylic acid groups (broad SMARTS) is 1. The zero-order chi connectivity index (χ0) is 27.6. The lowest BCUT2D eigenvalue weighted by Crippen LogP contribution is -2.62. The number of allylic oxidation sites excluding steroid dienone is 1. The normalized spacial score (nSPS) is 18.3. The number of halogens is 2. The Bertz CT molecular complexity index is 1670. The molecule has 3 aliphatic rings. The first kappa shape index (κ1) is 25.3. The maximum atomic E-state index is 11.4. The van der Waals surface area contributed by atoms with Gasteiger partial charge in [-0.1, -0.05) is 40.5 Å². The Hall–Kier alpha value is -3.69. The minimum Gasteiger partial charge on any atom is -0.494 e. The number of pyridine rings is 3. The van der Waals surface area contributed by atoms with Gasteiger partial charge in [0.15, 0.2) is 5.69 Å². The molecule has 5 heterocycles. The van der Waals surface area contributed by atoms with E-state index < -0.39 is 5.97 Å². The second-order valence-electron chi connectivity index (χ2n) is 11.0. The van der Waals surface area contributed by atoms with Crippen LogP contribution in [0.4, 0.5) is 5.82 Å². The number of nitrogens with zero attached hydrogens (tertiary/aromatic N) is 5. The summed E-state index contributed by atoms with van der Waals surface area (Å²) in [6, 6.07) is 5.11. The number of fused-ring (bicyclic) bond motifs is 1. The van der Waals surface area contributed by atoms with E-state index in [4.69, 9.17) is 37.4 Å². The summed E-state index contributed by atoms with van der Waals surface area (Å²) in [6.45, 7) is 1.85. The van der Waals surface area contributed by atoms with Crippen LogP contribution in [0.25, 0.3) is 28.4 Å². The molecule has 0 unspecified atom stereocenters. The summed E-state index contributed by atoms with van der Waals surface area (Å²) in [5.74, 6) is 1.91. The number of anilines is 1. The highest BCUT2D eigenvalue weighted by atomic mass is 35.5. The molecule has 7 rings (SSSR count). The number of ether oxygens (including phenoxy) is 1. The largest absolute Gasteiger partial charge is 0.494 e. The van der Waals surface area contributed by atoms with Crippen LogP contribution in [0, 0.1) is 11.3 Å². The van der Waals surface area contributed by atoms with E-state index in [0.29, 0.717) is 49.9 Å². The fourth-order valence-electron chi connectivity index (χ4n) is 6.04. The Kier molecular flexibility index (Phi) is 5.98. The quantitative estimate of drug-likeness (QED) is 0.262. The Balaban J connectivity index is 1.05. The number of rotatable bonds is 7. The van der Waals surface area contributed by atoms with E-state index in [1.165, 1.54) is 13.2 Å². The van der Waals surface area contributed by atoms with Gasteiger partial charge in [0.1, 0.15) is 28.5 Å². The summed E-state index contributed by atoms with van der Waals surface area (Å²) in [6.07, 6.45) is 11.9. The second-order valence-corrected chi connectivity index (χ2v) is 11.8. The molecule has 1 spiro atoms. The fraction of sp³-hybridized carbons (Fsp3) is 0.345. The Morgan fingerprint density at radius 3 is 2.60 bits per heavy atom. The van der Waals surface area contributed by atoms with Gasteiger partial charge in [-0.25, -0.2) is 14.8 Å². The van der Waals surface area contributed by atoms with Crippen molar-refractivity contribution in [3.63, 3.8) is 0 Å². The van der Waals surface area contributed by atoms with Crippen molar-refractivity contribution in [3.8, 4) is 17.0 Å². The van der Waals surface area contributed by atoms with E-state index in [1.807, 2.05) is 6.07 Å². The smallest absolute Gasteiger partial charge is 0.354 e. The summed E-state index contributed by atoms with van der Waals surface area (Å²) < 4.78 is 11.2. The molecule has 0 radical (unpaired) electrons. The number of hydrogen-bond donors (Lipinski definition) is 1. The number of carbonyl (C=O) groups is 1. The standard InChI is InChI=1S/C29H25Cl2N5O4/c1-39-22-8-21(28(37)38)33-20-6-7-23(34-26(20)22)36-13-29(14-36)9-15(10-29)2-5-17-25(35-40-27(17)16-3-4-16)24-18(30)11-32-12-19(24)31/h2,5-8,11-12,15-16H,3-4,9-10,13-14H2,1H3,(H,37,38)/b5-2+. The molecule has 2 aliphatic carbocycles. The predicted octanol–water partition coefficient (Wildman–Crippen LogP) is 6.50. The zero-order valence-corrected chi connectivity index (χ0v) is 23.1. The summed E-state index contributed by atoms with van der Waals surface area (Å²) >= 11 is 12.9. The van der Waals surface area contributed by atoms with Crippen molar-refractivity contribution in [2.45, 2.75) is 31.6 Å². The molecule has 1 aliphatic heterocycles. The van der Waals surface area contributed by atoms with E-state index in [1.54, 1.807) is 18.5 Å². The number of carboxylic acids is 1. The molecule has 0 aromatic carbocycles. The van der Waals surface area contributed by atoms with Crippen LogP contribution < -0.4 is 9.64 Å². The van der Waals surface area contributed by atoms with E-state index in [-0.39, 0.29) is 11.1 Å². The third-order valence-corrected chi connectivity index (χ3v) is 8.71. The van der Waals surface area contributed by atoms with E-state index >= 15 is 0 Å². The summed E-state index contributed by atoms with van der Waals surface area (Å²) in [5.41, 5.74) is 3.55. The van der Waals surface area contributed by atoms with Crippen molar-refractivity contribution >= 4 is 52.1 Å². The van der Waals surface area contributed by atoms with Crippen LogP contribution in [0.5, 0.6) is 5.75 Å². The van der Waals surface area contributed by atoms with E-state index in [9.17, 15) is 9.90 Å². The Morgan fingerprint density at radius 2 is 1.93 bits per heavy atom. The van der Waals surface area contributed by atoms with Gasteiger partial charge < -0.3 is 19.3 Å². The maximum absolute atomic E-state index is 11.4. The van der Waals surface area contributed by atoms with Crippen LogP contribution in [0.2, 0.25) is 10.0 Å². The predicted molar refractivity (Wildman–Crippen MR) is 151 cm³/mol. The lowest BCUT2D eigenvalue weighted by atomic mass is 9.57. The fourth-order valence-corrected chi connectivity index (χ4v) is 6.59. The zero-order valence-electron chi connectivity index (χ0n) is 21.6. The van der Waals surface area contributed by atoms with Crippen molar-refractivity contribution in [2.24, 2.45) is 11.3 Å². The van der Waals surface area contributed by atoms with Crippen LogP contribution >= 0.6 is 23.2 Å². The third kappa shape index (κ3) is 4.28. The lowest BCUT2D eigenvalue weighted by Gasteiger charge is -2.59. The number of aromatic carboxylic acids is 1. The first-order valence-corrected chi connectivity index (χ1v) is 13.9. The molecule has 2 saturated carbocycles. The lowest BCUT2D eigenvalue weighted by molar-refractivity contribution is 0.0480. The molecule has 0 amide bonds. The van der Waals surface area contributed by atoms with Gasteiger partial charge in [0.05, 0.1) is 22.7 Å². The maximum Gasteiger partial charge on any atom is 0.354 e. The highest BCUT2D eigenvalue weighted by Gasteiger charge is 2.52. The SMILES string of the molecule is COc1cc(C(=O)O)nc2ccc(N3CC4(CC(/C=C/c5c(-c6c(Cl)cncc6Cl)noc5C5CC5)C4)C3)nc12. The van der Waals surface area contributed by atoms with Crippen molar-refractivity contribution in [2.75, 3.05) is 25.1 Å². The number of aromatic nitrogens is 4. The Labute approximate surface area is 239 Å². The Morgan fingerprint density at radius 1 is 1.18 bits per heavy atom. The first-order valence-electron chi connectivity index (χ1n) is 13.2. The van der Waals surface area contributed by atoms with Gasteiger partial charge in [-0.3, -0.25) is 4.98 Å². The minimum atomic E-state index is -1.10. The average Bonchev–Trinajstić information content (AvgIpc) is 3.66. The van der Waals surface area contributed by atoms with E-state index in [2.05, 4.69) is 32.2 Å². The van der Waals surface area contributed by atoms with Crippen LogP contribution in [0.15, 0.2) is 41.2 Å². The molecule has 9 nitrogen and oxygen atoms in total. The van der Waals surface area contributed by atoms with Gasteiger partial charge in [0.2, 0.25) is 0 Å². The van der Waals surface area contributed by atoms with Crippen molar-refractivity contribution < 1.29 is 19.2 Å². The number of methoxy groups -OCH3 is 1. The van der Waals surface area contributed by atoms with Crippen LogP contribution in [0.1, 0.15) is 53.4 Å². The van der Waals surface area contributed by atoms with Gasteiger partial charge in [-0.15, -0.1) is 0 Å². The van der Waals surface area contributed by atoms with Gasteiger partial charge in [0.25, 0.3) is 0 Å². The molecule has 0 atom stereocenters. The summed E-state index contributed by atoms with van der Waals surface area (Å²) in [7, 11) is 1.51. The molecule has 4 aromatic heterocycles. The van der Waals surface area contributed by atoms with Gasteiger partial charge in [-0.2, -0.15) is 0 Å². The summed E-state index contributed by atoms with van der Waals surface area (Å²) in [5, 5.41) is 14.6. The molecule has 204 valence electrons. The molecule has 11 heteroatoms. The molecule has 1 N–H and O–H groups in total. The summed E-state index contributed by atoms with van der Waals surface area (Å²) in [4.78, 5) is 26.6. The molecule has 1 saturated heterocycles. The second kappa shape index (κ2) is 9.45. The monoisotopic (exact) mass is 577 g/mol. The average molecular weight is 578 g/mol. The highest BCUT2D eigenvalue weighted by molar-refractivity contribution is 6.39. The molecule has 0 bridgehead atoms. The first-order chi connectivity index (χ1) is 19.3. The van der Waals surface area contributed by atoms with Crippen LogP contribution in [-0.4, -0.2) is 51.4 Å². The minimum absolute atomic E-state index is 0.0649. The van der Waals surface area contributed by atoms with Gasteiger partial charge in [-0.05, 0) is 43.7 Å². The molecule has 3 fully saturated rings. The molecular formula is C29H25Cl2N5O4. The molecule has 4 aromatic rings. The number of hydrogen-bond acceptors (Lipinski definition) is 8. The van der Waals surface area contributed by atoms with Crippen molar-refractivity contribution in [3.05, 3.63) is 63.7 Å². The van der Waals surface area contributed by atoms with Crippen molar-refractivity contribution in [1.29, 1.82) is 0 Å². The van der Waals surface area contributed by atoms with Crippen molar-refractivity contribution in [1.82, 2.24) is 20.1 Å². The van der Waals surface area contributed by atoms with E-state index in [0.717, 1.165) is 55.9 Å². The van der Waals surface area contributed by atoms with Gasteiger partial charge in [0, 0.05) is 54.0 Å². The van der Waals surface area contributed by atoms with Crippen LogP contribution in [-0.2, 0) is 0 Å². The van der Waals surface area contributed by atoms with Gasteiger partial charge >= 0.3 is 5.97 Å².